The van der Waals surface area contributed by atoms with Crippen LogP contribution in [0.25, 0.3) is 0 Å². The van der Waals surface area contributed by atoms with Gasteiger partial charge in [-0.2, -0.15) is 0 Å². The Hall–Kier alpha value is -3.28. The van der Waals surface area contributed by atoms with E-state index < -0.39 is 29.9 Å². The van der Waals surface area contributed by atoms with Crippen molar-refractivity contribution in [2.75, 3.05) is 11.1 Å². The first-order valence-corrected chi connectivity index (χ1v) is 11.2. The van der Waals surface area contributed by atoms with Gasteiger partial charge in [0.15, 0.2) is 34.4 Å². The third-order valence-electron chi connectivity index (χ3n) is 4.43. The van der Waals surface area contributed by atoms with E-state index in [0.29, 0.717) is 11.0 Å². The molecule has 1 atom stereocenters. The summed E-state index contributed by atoms with van der Waals surface area (Å²) in [5.74, 6) is -1.22. The summed E-state index contributed by atoms with van der Waals surface area (Å²) in [5, 5.41) is 11.1. The number of alkyl halides is 3. The third kappa shape index (κ3) is 6.62. The number of ether oxygens (including phenoxy) is 2. The highest BCUT2D eigenvalue weighted by Crippen LogP contribution is 2.31. The summed E-state index contributed by atoms with van der Waals surface area (Å²) in [6, 6.07) is 11.1. The van der Waals surface area contributed by atoms with Crippen molar-refractivity contribution in [3.8, 4) is 11.5 Å². The number of rotatable bonds is 9. The number of aromatic nitrogens is 3. The van der Waals surface area contributed by atoms with Crippen molar-refractivity contribution in [2.45, 2.75) is 44.4 Å². The molecule has 7 nitrogen and oxygen atoms in total. The van der Waals surface area contributed by atoms with Gasteiger partial charge in [-0.3, -0.25) is 4.79 Å². The molecule has 34 heavy (non-hydrogen) atoms. The number of nitrogens with zero attached hydrogens (tertiary/aromatic N) is 3. The van der Waals surface area contributed by atoms with Crippen molar-refractivity contribution in [2.24, 2.45) is 0 Å². The standard InChI is InChI=1S/C22H22F4N4O3S/c1-13(2)30-20(14(3)32-17-10-6-4-8-15(17)23)28-29-21(30)34-12-19(31)27-16-9-5-7-11-18(16)33-22(24,25)26/h4-11,13-14H,12H2,1-3H3,(H,27,31). The van der Waals surface area contributed by atoms with Crippen LogP contribution in [0.5, 0.6) is 11.5 Å². The summed E-state index contributed by atoms with van der Waals surface area (Å²) in [6.45, 7) is 5.48. The molecule has 12 heteroatoms. The van der Waals surface area contributed by atoms with E-state index in [0.717, 1.165) is 17.8 Å². The van der Waals surface area contributed by atoms with Gasteiger partial charge >= 0.3 is 6.36 Å². The maximum absolute atomic E-state index is 14.0. The summed E-state index contributed by atoms with van der Waals surface area (Å²) in [4.78, 5) is 12.4. The highest BCUT2D eigenvalue weighted by atomic mass is 32.2. The predicted octanol–water partition coefficient (Wildman–Crippen LogP) is 5.77. The van der Waals surface area contributed by atoms with Crippen molar-refractivity contribution in [3.63, 3.8) is 0 Å². The van der Waals surface area contributed by atoms with Crippen LogP contribution in [-0.4, -0.2) is 32.8 Å². The lowest BCUT2D eigenvalue weighted by atomic mass is 10.3. The summed E-state index contributed by atoms with van der Waals surface area (Å²) in [6.07, 6.45) is -5.53. The van der Waals surface area contributed by atoms with Crippen LogP contribution >= 0.6 is 11.8 Å². The third-order valence-corrected chi connectivity index (χ3v) is 5.37. The smallest absolute Gasteiger partial charge is 0.480 e. The van der Waals surface area contributed by atoms with Crippen molar-refractivity contribution in [1.29, 1.82) is 0 Å². The lowest BCUT2D eigenvalue weighted by Crippen LogP contribution is -2.20. The van der Waals surface area contributed by atoms with Gasteiger partial charge in [0.25, 0.3) is 0 Å². The van der Waals surface area contributed by atoms with E-state index in [9.17, 15) is 22.4 Å². The molecule has 0 aliphatic carbocycles. The van der Waals surface area contributed by atoms with Crippen LogP contribution in [0.3, 0.4) is 0 Å². The summed E-state index contributed by atoms with van der Waals surface area (Å²) < 4.78 is 63.1. The van der Waals surface area contributed by atoms with Crippen LogP contribution in [0.15, 0.2) is 53.7 Å². The minimum Gasteiger partial charge on any atom is -0.480 e. The Morgan fingerprint density at radius 1 is 1.06 bits per heavy atom. The van der Waals surface area contributed by atoms with E-state index in [1.54, 1.807) is 23.6 Å². The van der Waals surface area contributed by atoms with Crippen LogP contribution in [0.1, 0.15) is 38.7 Å². The highest BCUT2D eigenvalue weighted by molar-refractivity contribution is 7.99. The molecule has 0 bridgehead atoms. The maximum atomic E-state index is 14.0. The molecule has 1 amide bonds. The zero-order valence-corrected chi connectivity index (χ0v) is 19.3. The van der Waals surface area contributed by atoms with Crippen molar-refractivity contribution in [1.82, 2.24) is 14.8 Å². The fourth-order valence-electron chi connectivity index (χ4n) is 3.03. The fourth-order valence-corrected chi connectivity index (χ4v) is 3.91. The van der Waals surface area contributed by atoms with Gasteiger partial charge < -0.3 is 19.4 Å². The second-order valence-corrected chi connectivity index (χ2v) is 8.32. The van der Waals surface area contributed by atoms with Gasteiger partial charge in [0, 0.05) is 6.04 Å². The summed E-state index contributed by atoms with van der Waals surface area (Å²) in [7, 11) is 0. The fraction of sp³-hybridized carbons (Fsp3) is 0.318. The second kappa shape index (κ2) is 10.8. The van der Waals surface area contributed by atoms with Crippen LogP contribution in [-0.2, 0) is 4.79 Å². The number of halogens is 4. The molecule has 1 unspecified atom stereocenters. The Morgan fingerprint density at radius 2 is 1.71 bits per heavy atom. The van der Waals surface area contributed by atoms with Gasteiger partial charge in [-0.15, -0.1) is 23.4 Å². The first-order chi connectivity index (χ1) is 16.0. The minimum absolute atomic E-state index is 0.0710. The van der Waals surface area contributed by atoms with Gasteiger partial charge in [-0.25, -0.2) is 4.39 Å². The molecule has 0 fully saturated rings. The number of carbonyl (C=O) groups excluding carboxylic acids is 1. The monoisotopic (exact) mass is 498 g/mol. The molecule has 0 aliphatic rings. The van der Waals surface area contributed by atoms with E-state index in [-0.39, 0.29) is 23.2 Å². The number of amides is 1. The number of benzene rings is 2. The Bertz CT molecular complexity index is 1140. The van der Waals surface area contributed by atoms with Crippen LogP contribution in [0.4, 0.5) is 23.2 Å². The van der Waals surface area contributed by atoms with Gasteiger partial charge in [-0.05, 0) is 45.0 Å². The van der Waals surface area contributed by atoms with Gasteiger partial charge in [0.2, 0.25) is 5.91 Å². The van der Waals surface area contributed by atoms with E-state index >= 15 is 0 Å². The predicted molar refractivity (Wildman–Crippen MR) is 118 cm³/mol. The summed E-state index contributed by atoms with van der Waals surface area (Å²) in [5.41, 5.74) is -0.108. The van der Waals surface area contributed by atoms with Gasteiger partial charge in [0.05, 0.1) is 11.4 Å². The number of hydrogen-bond acceptors (Lipinski definition) is 6. The molecule has 182 valence electrons. The van der Waals surface area contributed by atoms with E-state index in [1.807, 2.05) is 13.8 Å². The second-order valence-electron chi connectivity index (χ2n) is 7.38. The molecular weight excluding hydrogens is 476 g/mol. The number of carbonyl (C=O) groups is 1. The molecule has 1 N–H and O–H groups in total. The minimum atomic E-state index is -4.89. The highest BCUT2D eigenvalue weighted by Gasteiger charge is 2.32. The first-order valence-electron chi connectivity index (χ1n) is 10.2. The Labute approximate surface area is 197 Å². The topological polar surface area (TPSA) is 78.3 Å². The zero-order valence-electron chi connectivity index (χ0n) is 18.5. The van der Waals surface area contributed by atoms with Crippen LogP contribution in [0.2, 0.25) is 0 Å². The lowest BCUT2D eigenvalue weighted by Gasteiger charge is -2.19. The molecule has 1 heterocycles. The van der Waals surface area contributed by atoms with E-state index in [1.165, 1.54) is 30.3 Å². The molecule has 0 saturated heterocycles. The number of thioether (sulfide) groups is 1. The Balaban J connectivity index is 1.69. The number of anilines is 1. The molecule has 3 rings (SSSR count). The van der Waals surface area contributed by atoms with Gasteiger partial charge in [-0.1, -0.05) is 36.0 Å². The van der Waals surface area contributed by atoms with E-state index in [4.69, 9.17) is 4.74 Å². The summed E-state index contributed by atoms with van der Waals surface area (Å²) >= 11 is 1.05. The molecule has 1 aromatic heterocycles. The Morgan fingerprint density at radius 3 is 2.35 bits per heavy atom. The van der Waals surface area contributed by atoms with Crippen molar-refractivity contribution >= 4 is 23.4 Å². The van der Waals surface area contributed by atoms with Gasteiger partial charge in [0.1, 0.15) is 0 Å². The van der Waals surface area contributed by atoms with Crippen LogP contribution < -0.4 is 14.8 Å². The average Bonchev–Trinajstić information content (AvgIpc) is 3.19. The molecule has 3 aromatic rings. The number of nitrogens with one attached hydrogen (secondary N) is 1. The normalized spacial score (nSPS) is 12.5. The first kappa shape index (κ1) is 25.3. The molecule has 0 aliphatic heterocycles. The molecule has 2 aromatic carbocycles. The molecule has 0 saturated carbocycles. The number of hydrogen-bond donors (Lipinski definition) is 1. The zero-order chi connectivity index (χ0) is 24.9. The SMILES string of the molecule is CC(Oc1ccccc1F)c1nnc(SCC(=O)Nc2ccccc2OC(F)(F)F)n1C(C)C. The van der Waals surface area contributed by atoms with Crippen LogP contribution in [0, 0.1) is 5.82 Å². The lowest BCUT2D eigenvalue weighted by molar-refractivity contribution is -0.274. The maximum Gasteiger partial charge on any atom is 0.573 e. The number of para-hydroxylation sites is 3. The molecule has 0 radical (unpaired) electrons. The molecule has 0 spiro atoms. The van der Waals surface area contributed by atoms with Crippen molar-refractivity contribution in [3.05, 3.63) is 60.2 Å². The quantitative estimate of drug-likeness (QED) is 0.298. The van der Waals surface area contributed by atoms with E-state index in [2.05, 4.69) is 20.3 Å². The average molecular weight is 499 g/mol. The molecular formula is C22H22F4N4O3S. The largest absolute Gasteiger partial charge is 0.573 e. The van der Waals surface area contributed by atoms with Crippen molar-refractivity contribution < 1.29 is 31.8 Å². The Kier molecular flexibility index (Phi) is 8.02.